The van der Waals surface area contributed by atoms with Gasteiger partial charge in [-0.05, 0) is 33.2 Å². The van der Waals surface area contributed by atoms with Crippen LogP contribution in [0.1, 0.15) is 30.6 Å². The molecule has 1 heterocycles. The molecule has 126 valence electrons. The quantitative estimate of drug-likeness (QED) is 0.789. The van der Waals surface area contributed by atoms with Crippen LogP contribution in [0.4, 0.5) is 0 Å². The SMILES string of the molecule is CC(=O)O[C@H]1C[C@@H](N(C)C)[C@H](OC(=O)c2ccccc2)[C@@H](C)O1. The van der Waals surface area contributed by atoms with Crippen molar-refractivity contribution in [2.45, 2.75) is 44.8 Å². The normalized spacial score (nSPS) is 27.5. The Balaban J connectivity index is 2.10. The van der Waals surface area contributed by atoms with E-state index in [-0.39, 0.29) is 24.1 Å². The number of carbonyl (C=O) groups is 2. The van der Waals surface area contributed by atoms with Crippen LogP contribution >= 0.6 is 0 Å². The van der Waals surface area contributed by atoms with Gasteiger partial charge in [-0.15, -0.1) is 0 Å². The molecular weight excluding hydrogens is 298 g/mol. The van der Waals surface area contributed by atoms with E-state index in [4.69, 9.17) is 14.2 Å². The highest BCUT2D eigenvalue weighted by atomic mass is 16.7. The summed E-state index contributed by atoms with van der Waals surface area (Å²) in [5.74, 6) is -0.775. The van der Waals surface area contributed by atoms with Gasteiger partial charge in [0.2, 0.25) is 6.29 Å². The third-order valence-electron chi connectivity index (χ3n) is 3.86. The number of benzene rings is 1. The topological polar surface area (TPSA) is 65.1 Å². The van der Waals surface area contributed by atoms with E-state index in [1.165, 1.54) is 6.92 Å². The average molecular weight is 321 g/mol. The van der Waals surface area contributed by atoms with Crippen LogP contribution in [0.5, 0.6) is 0 Å². The van der Waals surface area contributed by atoms with Gasteiger partial charge in [0.1, 0.15) is 6.10 Å². The van der Waals surface area contributed by atoms with Gasteiger partial charge in [0, 0.05) is 13.3 Å². The molecule has 1 saturated heterocycles. The molecule has 1 fully saturated rings. The first-order chi connectivity index (χ1) is 10.9. The molecule has 0 radical (unpaired) electrons. The van der Waals surface area contributed by atoms with Gasteiger partial charge in [0.05, 0.1) is 17.7 Å². The minimum Gasteiger partial charge on any atom is -0.454 e. The molecule has 6 heteroatoms. The van der Waals surface area contributed by atoms with E-state index in [1.54, 1.807) is 24.3 Å². The molecule has 1 aliphatic heterocycles. The van der Waals surface area contributed by atoms with Crippen molar-refractivity contribution in [1.82, 2.24) is 4.90 Å². The molecule has 23 heavy (non-hydrogen) atoms. The summed E-state index contributed by atoms with van der Waals surface area (Å²) in [7, 11) is 3.80. The highest BCUT2D eigenvalue weighted by molar-refractivity contribution is 5.89. The zero-order valence-electron chi connectivity index (χ0n) is 13.9. The minimum atomic E-state index is -0.624. The number of nitrogens with zero attached hydrogens (tertiary/aromatic N) is 1. The number of rotatable bonds is 4. The maximum Gasteiger partial charge on any atom is 0.338 e. The molecule has 1 aromatic rings. The summed E-state index contributed by atoms with van der Waals surface area (Å²) in [6, 6.07) is 8.74. The molecule has 1 aromatic carbocycles. The van der Waals surface area contributed by atoms with Crippen molar-refractivity contribution in [2.24, 2.45) is 0 Å². The molecule has 0 bridgehead atoms. The monoisotopic (exact) mass is 321 g/mol. The molecule has 0 unspecified atom stereocenters. The van der Waals surface area contributed by atoms with E-state index < -0.39 is 12.4 Å². The zero-order chi connectivity index (χ0) is 17.0. The van der Waals surface area contributed by atoms with E-state index in [9.17, 15) is 9.59 Å². The number of hydrogen-bond donors (Lipinski definition) is 0. The van der Waals surface area contributed by atoms with E-state index in [1.807, 2.05) is 32.0 Å². The number of carbonyl (C=O) groups excluding carboxylic acids is 2. The lowest BCUT2D eigenvalue weighted by Crippen LogP contribution is -2.55. The Kier molecular flexibility index (Phi) is 5.74. The molecule has 2 rings (SSSR count). The first-order valence-electron chi connectivity index (χ1n) is 7.63. The summed E-state index contributed by atoms with van der Waals surface area (Å²) >= 11 is 0. The van der Waals surface area contributed by atoms with Crippen LogP contribution in [-0.4, -0.2) is 55.5 Å². The second kappa shape index (κ2) is 7.57. The van der Waals surface area contributed by atoms with Gasteiger partial charge < -0.3 is 19.1 Å². The summed E-state index contributed by atoms with van der Waals surface area (Å²) in [5, 5.41) is 0. The van der Waals surface area contributed by atoms with Crippen LogP contribution in [0, 0.1) is 0 Å². The summed E-state index contributed by atoms with van der Waals surface area (Å²) in [5.41, 5.74) is 0.499. The molecule has 0 aliphatic carbocycles. The van der Waals surface area contributed by atoms with E-state index in [0.717, 1.165) is 0 Å². The van der Waals surface area contributed by atoms with Crippen molar-refractivity contribution >= 4 is 11.9 Å². The first-order valence-corrected chi connectivity index (χ1v) is 7.63. The smallest absolute Gasteiger partial charge is 0.338 e. The van der Waals surface area contributed by atoms with Crippen LogP contribution in [-0.2, 0) is 19.0 Å². The van der Waals surface area contributed by atoms with Crippen molar-refractivity contribution in [3.63, 3.8) is 0 Å². The summed E-state index contributed by atoms with van der Waals surface area (Å²) < 4.78 is 16.5. The fourth-order valence-corrected chi connectivity index (χ4v) is 2.72. The number of hydrogen-bond acceptors (Lipinski definition) is 6. The Morgan fingerprint density at radius 2 is 1.83 bits per heavy atom. The van der Waals surface area contributed by atoms with Crippen molar-refractivity contribution in [3.8, 4) is 0 Å². The Hall–Kier alpha value is -1.92. The molecule has 0 spiro atoms. The van der Waals surface area contributed by atoms with Crippen LogP contribution in [0.25, 0.3) is 0 Å². The van der Waals surface area contributed by atoms with Gasteiger partial charge in [-0.2, -0.15) is 0 Å². The number of esters is 2. The van der Waals surface area contributed by atoms with Crippen molar-refractivity contribution in [1.29, 1.82) is 0 Å². The van der Waals surface area contributed by atoms with E-state index in [0.29, 0.717) is 12.0 Å². The molecule has 1 aliphatic rings. The predicted molar refractivity (Wildman–Crippen MR) is 83.8 cm³/mol. The maximum atomic E-state index is 12.3. The van der Waals surface area contributed by atoms with Gasteiger partial charge in [-0.3, -0.25) is 4.79 Å². The van der Waals surface area contributed by atoms with Gasteiger partial charge in [-0.1, -0.05) is 18.2 Å². The second-order valence-electron chi connectivity index (χ2n) is 5.88. The third kappa shape index (κ3) is 4.53. The molecule has 0 amide bonds. The third-order valence-corrected chi connectivity index (χ3v) is 3.86. The van der Waals surface area contributed by atoms with Crippen molar-refractivity contribution in [3.05, 3.63) is 35.9 Å². The van der Waals surface area contributed by atoms with Gasteiger partial charge in [0.25, 0.3) is 0 Å². The lowest BCUT2D eigenvalue weighted by atomic mass is 9.98. The van der Waals surface area contributed by atoms with Crippen LogP contribution in [0.2, 0.25) is 0 Å². The van der Waals surface area contributed by atoms with Crippen molar-refractivity contribution < 1.29 is 23.8 Å². The fourth-order valence-electron chi connectivity index (χ4n) is 2.72. The fraction of sp³-hybridized carbons (Fsp3) is 0.529. The summed E-state index contributed by atoms with van der Waals surface area (Å²) in [4.78, 5) is 25.4. The highest BCUT2D eigenvalue weighted by Gasteiger charge is 2.41. The molecule has 0 aromatic heterocycles. The molecular formula is C17H23NO5. The number of ether oxygens (including phenoxy) is 3. The minimum absolute atomic E-state index is 0.101. The first kappa shape index (κ1) is 17.4. The Morgan fingerprint density at radius 3 is 2.39 bits per heavy atom. The average Bonchev–Trinajstić information content (AvgIpc) is 2.49. The van der Waals surface area contributed by atoms with E-state index >= 15 is 0 Å². The van der Waals surface area contributed by atoms with Crippen molar-refractivity contribution in [2.75, 3.05) is 14.1 Å². The Labute approximate surface area is 136 Å². The van der Waals surface area contributed by atoms with Crippen LogP contribution in [0.3, 0.4) is 0 Å². The molecule has 4 atom stereocenters. The van der Waals surface area contributed by atoms with Crippen LogP contribution in [0.15, 0.2) is 30.3 Å². The zero-order valence-corrected chi connectivity index (χ0v) is 13.9. The van der Waals surface area contributed by atoms with Gasteiger partial charge >= 0.3 is 11.9 Å². The van der Waals surface area contributed by atoms with Crippen LogP contribution < -0.4 is 0 Å². The lowest BCUT2D eigenvalue weighted by Gasteiger charge is -2.42. The molecule has 0 saturated carbocycles. The highest BCUT2D eigenvalue weighted by Crippen LogP contribution is 2.27. The Bertz CT molecular complexity index is 545. The number of likely N-dealkylation sites (N-methyl/N-ethyl adjacent to an activating group) is 1. The molecule has 0 N–H and O–H groups in total. The van der Waals surface area contributed by atoms with Gasteiger partial charge in [-0.25, -0.2) is 4.79 Å². The standard InChI is InChI=1S/C17H23NO5/c1-11-16(23-17(20)13-8-6-5-7-9-13)14(18(3)4)10-15(21-11)22-12(2)19/h5-9,11,14-16H,10H2,1-4H3/t11-,14-,15+,16-/m1/s1. The molecule has 6 nitrogen and oxygen atoms in total. The van der Waals surface area contributed by atoms with Gasteiger partial charge in [0.15, 0.2) is 0 Å². The summed E-state index contributed by atoms with van der Waals surface area (Å²) in [6.45, 7) is 3.16. The van der Waals surface area contributed by atoms with E-state index in [2.05, 4.69) is 0 Å². The lowest BCUT2D eigenvalue weighted by molar-refractivity contribution is -0.230. The Morgan fingerprint density at radius 1 is 1.17 bits per heavy atom. The maximum absolute atomic E-state index is 12.3. The predicted octanol–water partition coefficient (Wildman–Crippen LogP) is 1.84. The largest absolute Gasteiger partial charge is 0.454 e. The summed E-state index contributed by atoms with van der Waals surface area (Å²) in [6.07, 6.45) is -0.997. The second-order valence-corrected chi connectivity index (χ2v) is 5.88.